The highest BCUT2D eigenvalue weighted by Gasteiger charge is 2.39. The van der Waals surface area contributed by atoms with Crippen LogP contribution in [0.2, 0.25) is 0 Å². The Kier molecular flexibility index (Phi) is 4.72. The van der Waals surface area contributed by atoms with Crippen molar-refractivity contribution in [1.82, 2.24) is 15.1 Å². The fourth-order valence-corrected chi connectivity index (χ4v) is 3.68. The number of rotatable bonds is 4. The van der Waals surface area contributed by atoms with Crippen molar-refractivity contribution >= 4 is 11.8 Å². The van der Waals surface area contributed by atoms with E-state index in [-0.39, 0.29) is 18.4 Å². The third-order valence-electron chi connectivity index (χ3n) is 5.31. The van der Waals surface area contributed by atoms with Crippen LogP contribution in [-0.4, -0.2) is 67.0 Å². The summed E-state index contributed by atoms with van der Waals surface area (Å²) in [6, 6.07) is 9.17. The number of carbonyl (C=O) groups is 2. The molecule has 6 heteroatoms. The first kappa shape index (κ1) is 16.5. The molecule has 0 spiro atoms. The molecule has 1 aromatic carbocycles. The highest BCUT2D eigenvalue weighted by atomic mass is 16.5. The molecule has 0 radical (unpaired) electrons. The Balaban J connectivity index is 1.41. The number of nitrogens with zero attached hydrogens (tertiary/aromatic N) is 2. The fraction of sp³-hybridized carbons (Fsp3) is 0.579. The van der Waals surface area contributed by atoms with Crippen LogP contribution in [-0.2, 0) is 14.3 Å². The molecule has 3 aliphatic rings. The molecule has 1 aromatic rings. The van der Waals surface area contributed by atoms with Gasteiger partial charge in [-0.1, -0.05) is 30.3 Å². The standard InChI is InChI=1S/C19H25N3O3/c23-16-13-25-18(17(20-16)15-4-2-1-3-5-15)19(24)22-10-8-21(9-11-22)12-14-6-7-14/h1-5,14,17-18H,6-13H2,(H,20,23)/t17-,18+/m1/s1. The first-order chi connectivity index (χ1) is 12.2. The van der Waals surface area contributed by atoms with Crippen LogP contribution in [0, 0.1) is 5.92 Å². The number of nitrogens with one attached hydrogen (secondary N) is 1. The van der Waals surface area contributed by atoms with Crippen molar-refractivity contribution in [2.24, 2.45) is 5.92 Å². The number of hydrogen-bond acceptors (Lipinski definition) is 4. The smallest absolute Gasteiger partial charge is 0.254 e. The van der Waals surface area contributed by atoms with E-state index in [1.54, 1.807) is 0 Å². The molecule has 6 nitrogen and oxygen atoms in total. The van der Waals surface area contributed by atoms with Crippen LogP contribution >= 0.6 is 0 Å². The van der Waals surface area contributed by atoms with Crippen LogP contribution in [0.3, 0.4) is 0 Å². The summed E-state index contributed by atoms with van der Waals surface area (Å²) in [6.45, 7) is 4.45. The van der Waals surface area contributed by atoms with Crippen molar-refractivity contribution in [3.05, 3.63) is 35.9 Å². The van der Waals surface area contributed by atoms with Gasteiger partial charge in [0, 0.05) is 32.7 Å². The van der Waals surface area contributed by atoms with Crippen LogP contribution in [0.15, 0.2) is 30.3 Å². The van der Waals surface area contributed by atoms with Gasteiger partial charge < -0.3 is 15.0 Å². The van der Waals surface area contributed by atoms with Crippen LogP contribution in [0.5, 0.6) is 0 Å². The molecule has 0 aromatic heterocycles. The molecule has 134 valence electrons. The topological polar surface area (TPSA) is 61.9 Å². The lowest BCUT2D eigenvalue weighted by Gasteiger charge is -2.39. The van der Waals surface area contributed by atoms with Gasteiger partial charge in [0.25, 0.3) is 5.91 Å². The number of piperazine rings is 1. The van der Waals surface area contributed by atoms with Crippen LogP contribution in [0.25, 0.3) is 0 Å². The zero-order valence-corrected chi connectivity index (χ0v) is 14.4. The normalized spacial score (nSPS) is 27.8. The highest BCUT2D eigenvalue weighted by molar-refractivity contribution is 5.86. The average Bonchev–Trinajstić information content (AvgIpc) is 3.46. The molecule has 1 N–H and O–H groups in total. The molecule has 2 atom stereocenters. The van der Waals surface area contributed by atoms with E-state index < -0.39 is 12.1 Å². The SMILES string of the molecule is O=C1CO[C@H](C(=O)N2CCN(CC3CC3)CC2)[C@@H](c2ccccc2)N1. The van der Waals surface area contributed by atoms with Crippen molar-refractivity contribution in [2.45, 2.75) is 25.0 Å². The van der Waals surface area contributed by atoms with E-state index >= 15 is 0 Å². The lowest BCUT2D eigenvalue weighted by Crippen LogP contribution is -2.57. The van der Waals surface area contributed by atoms with Crippen molar-refractivity contribution in [3.63, 3.8) is 0 Å². The minimum absolute atomic E-state index is 0.0140. The zero-order chi connectivity index (χ0) is 17.2. The van der Waals surface area contributed by atoms with Gasteiger partial charge in [0.05, 0.1) is 6.04 Å². The van der Waals surface area contributed by atoms with Crippen molar-refractivity contribution in [3.8, 4) is 0 Å². The van der Waals surface area contributed by atoms with Crippen molar-refractivity contribution in [2.75, 3.05) is 39.3 Å². The third kappa shape index (κ3) is 3.85. The second-order valence-electron chi connectivity index (χ2n) is 7.26. The maximum absolute atomic E-state index is 13.0. The summed E-state index contributed by atoms with van der Waals surface area (Å²) < 4.78 is 5.66. The minimum Gasteiger partial charge on any atom is -0.356 e. The Labute approximate surface area is 148 Å². The maximum Gasteiger partial charge on any atom is 0.254 e. The summed E-state index contributed by atoms with van der Waals surface area (Å²) in [5.41, 5.74) is 0.904. The minimum atomic E-state index is -0.643. The summed E-state index contributed by atoms with van der Waals surface area (Å²) >= 11 is 0. The first-order valence-corrected chi connectivity index (χ1v) is 9.18. The Hall–Kier alpha value is -1.92. The van der Waals surface area contributed by atoms with Crippen LogP contribution in [0.1, 0.15) is 24.4 Å². The van der Waals surface area contributed by atoms with E-state index in [0.717, 1.165) is 37.7 Å². The van der Waals surface area contributed by atoms with Crippen molar-refractivity contribution < 1.29 is 14.3 Å². The number of carbonyl (C=O) groups excluding carboxylic acids is 2. The molecule has 0 bridgehead atoms. The Bertz CT molecular complexity index is 624. The second kappa shape index (κ2) is 7.14. The highest BCUT2D eigenvalue weighted by Crippen LogP contribution is 2.30. The fourth-order valence-electron chi connectivity index (χ4n) is 3.68. The van der Waals surface area contributed by atoms with Gasteiger partial charge in [0.1, 0.15) is 6.61 Å². The molecule has 2 saturated heterocycles. The lowest BCUT2D eigenvalue weighted by molar-refractivity contribution is -0.156. The number of benzene rings is 1. The number of amides is 2. The molecule has 0 unspecified atom stereocenters. The van der Waals surface area contributed by atoms with Gasteiger partial charge >= 0.3 is 0 Å². The molecular formula is C19H25N3O3. The van der Waals surface area contributed by atoms with E-state index in [1.807, 2.05) is 35.2 Å². The molecule has 25 heavy (non-hydrogen) atoms. The van der Waals surface area contributed by atoms with Crippen LogP contribution < -0.4 is 5.32 Å². The van der Waals surface area contributed by atoms with E-state index in [4.69, 9.17) is 4.74 Å². The van der Waals surface area contributed by atoms with Crippen molar-refractivity contribution in [1.29, 1.82) is 0 Å². The zero-order valence-electron chi connectivity index (χ0n) is 14.4. The van der Waals surface area contributed by atoms with Gasteiger partial charge in [-0.3, -0.25) is 14.5 Å². The maximum atomic E-state index is 13.0. The summed E-state index contributed by atoms with van der Waals surface area (Å²) in [4.78, 5) is 29.1. The summed E-state index contributed by atoms with van der Waals surface area (Å²) in [5, 5.41) is 2.92. The van der Waals surface area contributed by atoms with E-state index in [2.05, 4.69) is 10.2 Å². The predicted molar refractivity (Wildman–Crippen MR) is 92.8 cm³/mol. The van der Waals surface area contributed by atoms with Gasteiger partial charge in [-0.05, 0) is 24.3 Å². The Morgan fingerprint density at radius 3 is 2.52 bits per heavy atom. The Morgan fingerprint density at radius 2 is 1.84 bits per heavy atom. The monoisotopic (exact) mass is 343 g/mol. The molecular weight excluding hydrogens is 318 g/mol. The molecule has 3 fully saturated rings. The molecule has 1 saturated carbocycles. The van der Waals surface area contributed by atoms with Gasteiger partial charge in [0.15, 0.2) is 6.10 Å². The van der Waals surface area contributed by atoms with E-state index in [0.29, 0.717) is 0 Å². The molecule has 1 aliphatic carbocycles. The molecule has 4 rings (SSSR count). The quantitative estimate of drug-likeness (QED) is 0.878. The van der Waals surface area contributed by atoms with Gasteiger partial charge in [-0.25, -0.2) is 0 Å². The molecule has 2 aliphatic heterocycles. The van der Waals surface area contributed by atoms with Gasteiger partial charge in [0.2, 0.25) is 5.91 Å². The summed E-state index contributed by atoms with van der Waals surface area (Å²) in [7, 11) is 0. The van der Waals surface area contributed by atoms with E-state index in [1.165, 1.54) is 19.4 Å². The number of ether oxygens (including phenoxy) is 1. The lowest BCUT2D eigenvalue weighted by atomic mass is 9.98. The van der Waals surface area contributed by atoms with Crippen LogP contribution in [0.4, 0.5) is 0 Å². The summed E-state index contributed by atoms with van der Waals surface area (Å²) in [6.07, 6.45) is 2.07. The predicted octanol–water partition coefficient (Wildman–Crippen LogP) is 0.797. The van der Waals surface area contributed by atoms with Gasteiger partial charge in [-0.2, -0.15) is 0 Å². The number of morpholine rings is 1. The Morgan fingerprint density at radius 1 is 1.12 bits per heavy atom. The van der Waals surface area contributed by atoms with Gasteiger partial charge in [-0.15, -0.1) is 0 Å². The largest absolute Gasteiger partial charge is 0.356 e. The first-order valence-electron chi connectivity index (χ1n) is 9.18. The second-order valence-corrected chi connectivity index (χ2v) is 7.26. The summed E-state index contributed by atoms with van der Waals surface area (Å²) in [5.74, 6) is 0.689. The average molecular weight is 343 g/mol. The van der Waals surface area contributed by atoms with E-state index in [9.17, 15) is 9.59 Å². The number of hydrogen-bond donors (Lipinski definition) is 1. The third-order valence-corrected chi connectivity index (χ3v) is 5.31. The molecule has 2 heterocycles. The molecule has 2 amide bonds.